The van der Waals surface area contributed by atoms with Crippen molar-refractivity contribution in [3.05, 3.63) is 150 Å². The standard InChI is InChI=1S/C38H32N4O6.C3H4N2/c43-33(39-22-4-7-24-5-2-1-3-6-24)21-10-25-8-11-27(12-9-25)34-35(41-36(40-34)29-17-19-30(20-18-29)37(44)45)28-15-13-26(14-16-28)31-23-32(38(46)47)48-42-31;1-2-5-3-4-1/h1-3,5-6,8-21,32H,4,7,22-23H2,(H,39,43)(H,40,41)(H,44,45)(H,46,47);1-3H,(H,4,5). The Balaban J connectivity index is 0.000000887. The van der Waals surface area contributed by atoms with Gasteiger partial charge in [-0.1, -0.05) is 96.2 Å². The summed E-state index contributed by atoms with van der Waals surface area (Å²) in [5, 5.41) is 25.4. The molecular formula is C41H36N6O6. The Kier molecular flexibility index (Phi) is 11.6. The molecule has 6 aromatic rings. The number of imidazole rings is 2. The van der Waals surface area contributed by atoms with E-state index in [0.29, 0.717) is 23.8 Å². The molecule has 12 heteroatoms. The Hall–Kier alpha value is -7.08. The first-order chi connectivity index (χ1) is 25.8. The Morgan fingerprint density at radius 1 is 0.849 bits per heavy atom. The van der Waals surface area contributed by atoms with E-state index >= 15 is 0 Å². The third-order valence-corrected chi connectivity index (χ3v) is 8.36. The summed E-state index contributed by atoms with van der Waals surface area (Å²) in [7, 11) is 0. The monoisotopic (exact) mass is 708 g/mol. The predicted molar refractivity (Wildman–Crippen MR) is 201 cm³/mol. The molecule has 1 aliphatic rings. The van der Waals surface area contributed by atoms with Gasteiger partial charge in [0.25, 0.3) is 0 Å². The van der Waals surface area contributed by atoms with E-state index in [4.69, 9.17) is 9.82 Å². The van der Waals surface area contributed by atoms with Crippen molar-refractivity contribution in [3.8, 4) is 33.9 Å². The first kappa shape index (κ1) is 35.7. The van der Waals surface area contributed by atoms with Crippen LogP contribution in [0.1, 0.15) is 39.9 Å². The summed E-state index contributed by atoms with van der Waals surface area (Å²) in [6, 6.07) is 31.8. The van der Waals surface area contributed by atoms with Crippen LogP contribution in [0, 0.1) is 0 Å². The van der Waals surface area contributed by atoms with E-state index in [-0.39, 0.29) is 17.9 Å². The lowest BCUT2D eigenvalue weighted by molar-refractivity contribution is -0.148. The summed E-state index contributed by atoms with van der Waals surface area (Å²) in [4.78, 5) is 54.8. The molecule has 266 valence electrons. The molecule has 4 aromatic carbocycles. The van der Waals surface area contributed by atoms with E-state index in [1.807, 2.05) is 66.7 Å². The van der Waals surface area contributed by atoms with Crippen molar-refractivity contribution in [2.75, 3.05) is 6.54 Å². The van der Waals surface area contributed by atoms with Gasteiger partial charge >= 0.3 is 11.9 Å². The molecule has 1 unspecified atom stereocenters. The van der Waals surface area contributed by atoms with Crippen LogP contribution >= 0.6 is 0 Å². The van der Waals surface area contributed by atoms with Crippen molar-refractivity contribution in [1.29, 1.82) is 0 Å². The molecule has 0 fully saturated rings. The number of carboxylic acid groups (broad SMARTS) is 2. The van der Waals surface area contributed by atoms with Crippen molar-refractivity contribution in [2.24, 2.45) is 5.16 Å². The van der Waals surface area contributed by atoms with Gasteiger partial charge in [0.15, 0.2) is 0 Å². The summed E-state index contributed by atoms with van der Waals surface area (Å²) in [5.74, 6) is -1.66. The van der Waals surface area contributed by atoms with Crippen molar-refractivity contribution >= 4 is 29.6 Å². The third kappa shape index (κ3) is 9.58. The maximum absolute atomic E-state index is 12.4. The van der Waals surface area contributed by atoms with E-state index in [0.717, 1.165) is 46.4 Å². The number of hydrogen-bond donors (Lipinski definition) is 5. The highest BCUT2D eigenvalue weighted by Crippen LogP contribution is 2.34. The number of aliphatic carboxylic acids is 1. The molecule has 0 aliphatic carbocycles. The first-order valence-corrected chi connectivity index (χ1v) is 16.9. The smallest absolute Gasteiger partial charge is 0.348 e. The quantitative estimate of drug-likeness (QED) is 0.0675. The molecule has 53 heavy (non-hydrogen) atoms. The lowest BCUT2D eigenvalue weighted by Gasteiger charge is -2.06. The lowest BCUT2D eigenvalue weighted by atomic mass is 10.00. The van der Waals surface area contributed by atoms with Crippen LogP contribution in [0.3, 0.4) is 0 Å². The number of carboxylic acids is 2. The van der Waals surface area contributed by atoms with Gasteiger partial charge in [-0.05, 0) is 47.7 Å². The number of aryl methyl sites for hydroxylation is 1. The number of carbonyl (C=O) groups is 3. The second-order valence-corrected chi connectivity index (χ2v) is 12.0. The van der Waals surface area contributed by atoms with Gasteiger partial charge in [0.2, 0.25) is 12.0 Å². The third-order valence-electron chi connectivity index (χ3n) is 8.36. The molecule has 2 aromatic heterocycles. The number of nitrogens with one attached hydrogen (secondary N) is 3. The zero-order valence-electron chi connectivity index (χ0n) is 28.5. The van der Waals surface area contributed by atoms with Gasteiger partial charge in [-0.25, -0.2) is 19.6 Å². The molecule has 1 aliphatic heterocycles. The van der Waals surface area contributed by atoms with Crippen LogP contribution in [-0.4, -0.2) is 66.4 Å². The molecule has 1 amide bonds. The number of amides is 1. The van der Waals surface area contributed by atoms with Gasteiger partial charge in [-0.15, -0.1) is 0 Å². The van der Waals surface area contributed by atoms with Crippen LogP contribution < -0.4 is 5.32 Å². The van der Waals surface area contributed by atoms with Gasteiger partial charge in [0, 0.05) is 48.1 Å². The molecule has 0 saturated carbocycles. The minimum Gasteiger partial charge on any atom is -0.478 e. The van der Waals surface area contributed by atoms with Crippen molar-refractivity contribution in [2.45, 2.75) is 25.4 Å². The Morgan fingerprint density at radius 3 is 2.17 bits per heavy atom. The van der Waals surface area contributed by atoms with E-state index in [1.54, 1.807) is 36.9 Å². The molecule has 0 bridgehead atoms. The number of carbonyl (C=O) groups excluding carboxylic acids is 1. The molecule has 7 rings (SSSR count). The lowest BCUT2D eigenvalue weighted by Crippen LogP contribution is -2.22. The second-order valence-electron chi connectivity index (χ2n) is 12.0. The summed E-state index contributed by atoms with van der Waals surface area (Å²) in [5.41, 5.74) is 7.38. The predicted octanol–water partition coefficient (Wildman–Crippen LogP) is 6.86. The van der Waals surface area contributed by atoms with Crippen LogP contribution in [0.2, 0.25) is 0 Å². The molecule has 1 atom stereocenters. The number of aromatic carboxylic acids is 1. The SMILES string of the molecule is O=C(C=Cc1ccc(-c2[nH]c(-c3ccc(C(=O)O)cc3)nc2-c2ccc(C3=NOC(C(=O)O)C3)cc2)cc1)NCCCc1ccccc1.c1c[nH]cn1. The van der Waals surface area contributed by atoms with E-state index < -0.39 is 18.0 Å². The number of H-pyrrole nitrogens is 2. The summed E-state index contributed by atoms with van der Waals surface area (Å²) in [6.07, 6.45) is 9.31. The van der Waals surface area contributed by atoms with Crippen molar-refractivity contribution < 1.29 is 29.4 Å². The summed E-state index contributed by atoms with van der Waals surface area (Å²) in [6.45, 7) is 0.590. The average molecular weight is 709 g/mol. The number of aromatic amines is 2. The Labute approximate surface area is 304 Å². The summed E-state index contributed by atoms with van der Waals surface area (Å²) >= 11 is 0. The minimum atomic E-state index is -1.06. The zero-order valence-corrected chi connectivity index (χ0v) is 28.5. The summed E-state index contributed by atoms with van der Waals surface area (Å²) < 4.78 is 0. The van der Waals surface area contributed by atoms with Crippen molar-refractivity contribution in [1.82, 2.24) is 25.3 Å². The number of rotatable bonds is 12. The van der Waals surface area contributed by atoms with E-state index in [9.17, 15) is 24.6 Å². The fourth-order valence-electron chi connectivity index (χ4n) is 5.55. The largest absolute Gasteiger partial charge is 0.478 e. The van der Waals surface area contributed by atoms with E-state index in [1.165, 1.54) is 23.8 Å². The molecule has 0 spiro atoms. The van der Waals surface area contributed by atoms with Gasteiger partial charge in [0.1, 0.15) is 5.82 Å². The van der Waals surface area contributed by atoms with Crippen molar-refractivity contribution in [3.63, 3.8) is 0 Å². The number of hydrogen-bond acceptors (Lipinski definition) is 7. The van der Waals surface area contributed by atoms with Gasteiger partial charge < -0.3 is 30.3 Å². The maximum atomic E-state index is 12.4. The number of oxime groups is 1. The zero-order chi connectivity index (χ0) is 37.0. The van der Waals surface area contributed by atoms with Crippen LogP contribution in [0.25, 0.3) is 40.0 Å². The number of nitrogens with zero attached hydrogens (tertiary/aromatic N) is 3. The highest BCUT2D eigenvalue weighted by atomic mass is 16.7. The highest BCUT2D eigenvalue weighted by molar-refractivity contribution is 6.03. The van der Waals surface area contributed by atoms with Gasteiger partial charge in [-0.3, -0.25) is 4.79 Å². The fraction of sp³-hybridized carbons (Fsp3) is 0.122. The Bertz CT molecular complexity index is 2180. The molecule has 3 heterocycles. The molecule has 0 saturated heterocycles. The number of aromatic nitrogens is 4. The van der Waals surface area contributed by atoms with Gasteiger partial charge in [-0.2, -0.15) is 0 Å². The molecular weight excluding hydrogens is 672 g/mol. The molecule has 12 nitrogen and oxygen atoms in total. The number of benzene rings is 4. The van der Waals surface area contributed by atoms with Crippen LogP contribution in [0.5, 0.6) is 0 Å². The van der Waals surface area contributed by atoms with Crippen LogP contribution in [0.15, 0.2) is 133 Å². The normalized spacial score (nSPS) is 13.4. The molecule has 0 radical (unpaired) electrons. The second kappa shape index (κ2) is 17.2. The Morgan fingerprint density at radius 2 is 1.55 bits per heavy atom. The van der Waals surface area contributed by atoms with E-state index in [2.05, 4.69) is 37.6 Å². The minimum absolute atomic E-state index is 0.154. The first-order valence-electron chi connectivity index (χ1n) is 16.9. The molecule has 5 N–H and O–H groups in total. The highest BCUT2D eigenvalue weighted by Gasteiger charge is 2.28. The maximum Gasteiger partial charge on any atom is 0.348 e. The fourth-order valence-corrected chi connectivity index (χ4v) is 5.55. The average Bonchev–Trinajstić information content (AvgIpc) is 4.01. The van der Waals surface area contributed by atoms with Crippen LogP contribution in [-0.2, 0) is 20.8 Å². The van der Waals surface area contributed by atoms with Gasteiger partial charge in [0.05, 0.1) is 29.0 Å². The van der Waals surface area contributed by atoms with Crippen LogP contribution in [0.4, 0.5) is 0 Å². The topological polar surface area (TPSA) is 183 Å².